The van der Waals surface area contributed by atoms with E-state index in [1.54, 1.807) is 0 Å². The number of H-pyrrole nitrogens is 1. The lowest BCUT2D eigenvalue weighted by molar-refractivity contribution is -0.140. The zero-order valence-corrected chi connectivity index (χ0v) is 46.9. The van der Waals surface area contributed by atoms with Gasteiger partial charge in [0.25, 0.3) is 11.5 Å². The molecule has 4 atom stereocenters. The molecule has 77 heavy (non-hydrogen) atoms. The highest BCUT2D eigenvalue weighted by Crippen LogP contribution is 2.49. The van der Waals surface area contributed by atoms with Crippen LogP contribution in [0.2, 0.25) is 0 Å². The number of benzene rings is 2. The van der Waals surface area contributed by atoms with E-state index < -0.39 is 12.1 Å². The van der Waals surface area contributed by atoms with Gasteiger partial charge in [-0.2, -0.15) is 0 Å². The Kier molecular flexibility index (Phi) is 22.3. The monoisotopic (exact) mass is 1060 g/mol. The molecule has 1 aromatic heterocycles. The molecule has 3 aromatic rings. The molecule has 0 bridgehead atoms. The SMILES string of the molecule is CC(=O)COCCOCCOCCOCC(=O)N1CCC(C(C)C2C(C)=C(C(=O)NCc3c(C)cc(C)[nH]c3=O)c3ccccc32)CC1.CC1=C(c2ccc(CNC(=O)[C@@H]3C[C@@H](O)CN3C(=O)CC(C)(C)C)cc2)CC=C1. The second kappa shape index (κ2) is 28.5. The summed E-state index contributed by atoms with van der Waals surface area (Å²) in [6.07, 6.45) is 7.05. The van der Waals surface area contributed by atoms with Crippen molar-refractivity contribution in [3.63, 3.8) is 0 Å². The summed E-state index contributed by atoms with van der Waals surface area (Å²) >= 11 is 0. The fraction of sp³-hybridized carbons (Fsp3) is 0.541. The average molecular weight is 1060 g/mol. The molecule has 418 valence electrons. The quantitative estimate of drug-likeness (QED) is 0.0703. The van der Waals surface area contributed by atoms with E-state index in [-0.39, 0.29) is 78.5 Å². The largest absolute Gasteiger partial charge is 0.391 e. The summed E-state index contributed by atoms with van der Waals surface area (Å²) in [6, 6.07) is 17.7. The van der Waals surface area contributed by atoms with Crippen LogP contribution in [0.3, 0.4) is 0 Å². The van der Waals surface area contributed by atoms with Crippen molar-refractivity contribution >= 4 is 40.6 Å². The highest BCUT2D eigenvalue weighted by molar-refractivity contribution is 6.22. The summed E-state index contributed by atoms with van der Waals surface area (Å²) in [4.78, 5) is 81.4. The van der Waals surface area contributed by atoms with Gasteiger partial charge in [0.1, 0.15) is 19.3 Å². The van der Waals surface area contributed by atoms with E-state index in [1.165, 1.54) is 28.5 Å². The number of piperidine rings is 1. The number of aliphatic hydroxyl groups is 1. The molecular weight excluding hydrogens is 979 g/mol. The van der Waals surface area contributed by atoms with Crippen LogP contribution in [0.25, 0.3) is 11.1 Å². The normalized spacial score (nSPS) is 18.8. The maximum Gasteiger partial charge on any atom is 0.253 e. The summed E-state index contributed by atoms with van der Waals surface area (Å²) in [7, 11) is 0. The van der Waals surface area contributed by atoms with Gasteiger partial charge in [-0.15, -0.1) is 0 Å². The fourth-order valence-corrected chi connectivity index (χ4v) is 10.9. The zero-order valence-electron chi connectivity index (χ0n) is 46.9. The zero-order chi connectivity index (χ0) is 55.8. The average Bonchev–Trinajstić information content (AvgIpc) is 4.10. The molecule has 0 saturated carbocycles. The van der Waals surface area contributed by atoms with Crippen LogP contribution in [-0.4, -0.2) is 134 Å². The van der Waals surface area contributed by atoms with E-state index >= 15 is 0 Å². The molecule has 2 saturated heterocycles. The van der Waals surface area contributed by atoms with Gasteiger partial charge in [0, 0.05) is 68.3 Å². The van der Waals surface area contributed by atoms with Crippen LogP contribution in [0.15, 0.2) is 82.7 Å². The minimum Gasteiger partial charge on any atom is -0.391 e. The number of carbonyl (C=O) groups excluding carboxylic acids is 5. The molecule has 4 amide bonds. The molecule has 7 rings (SSSR count). The summed E-state index contributed by atoms with van der Waals surface area (Å²) in [5, 5.41) is 16.0. The Morgan fingerprint density at radius 3 is 2.06 bits per heavy atom. The number of hydrogen-bond acceptors (Lipinski definition) is 11. The molecular formula is C61H83N5O11. The topological polar surface area (TPSA) is 206 Å². The van der Waals surface area contributed by atoms with Crippen molar-refractivity contribution in [2.24, 2.45) is 17.3 Å². The predicted octanol–water partition coefficient (Wildman–Crippen LogP) is 7.14. The Balaban J connectivity index is 0.000000282. The third-order valence-corrected chi connectivity index (χ3v) is 14.9. The van der Waals surface area contributed by atoms with Crippen molar-refractivity contribution in [2.45, 2.75) is 126 Å². The Hall–Kier alpha value is -6.04. The number of ketones is 1. The summed E-state index contributed by atoms with van der Waals surface area (Å²) in [6.45, 7) is 22.2. The first-order valence-corrected chi connectivity index (χ1v) is 27.3. The number of fused-ring (bicyclic) bond motifs is 1. The number of likely N-dealkylation sites (tertiary alicyclic amines) is 2. The van der Waals surface area contributed by atoms with E-state index in [0.717, 1.165) is 52.8 Å². The minimum absolute atomic E-state index is 0.0147. The molecule has 16 heteroatoms. The van der Waals surface area contributed by atoms with Crippen molar-refractivity contribution in [3.8, 4) is 0 Å². The highest BCUT2D eigenvalue weighted by Gasteiger charge is 2.41. The minimum atomic E-state index is -0.648. The number of ether oxygens (including phenoxy) is 4. The number of aromatic nitrogens is 1. The number of nitrogens with zero attached hydrogens (tertiary/aromatic N) is 2. The van der Waals surface area contributed by atoms with E-state index in [1.807, 2.05) is 75.9 Å². The third-order valence-electron chi connectivity index (χ3n) is 14.9. The van der Waals surface area contributed by atoms with Gasteiger partial charge >= 0.3 is 0 Å². The van der Waals surface area contributed by atoms with Crippen molar-refractivity contribution in [1.82, 2.24) is 25.4 Å². The van der Waals surface area contributed by atoms with E-state index in [0.29, 0.717) is 89.2 Å². The number of aryl methyl sites for hydroxylation is 2. The van der Waals surface area contributed by atoms with Gasteiger partial charge in [0.15, 0.2) is 5.78 Å². The number of carbonyl (C=O) groups is 5. The van der Waals surface area contributed by atoms with Crippen molar-refractivity contribution in [1.29, 1.82) is 0 Å². The van der Waals surface area contributed by atoms with Crippen molar-refractivity contribution in [3.05, 3.63) is 127 Å². The van der Waals surface area contributed by atoms with E-state index in [9.17, 15) is 33.9 Å². The summed E-state index contributed by atoms with van der Waals surface area (Å²) in [5.41, 5.74) is 10.6. The maximum absolute atomic E-state index is 13.6. The summed E-state index contributed by atoms with van der Waals surface area (Å²) in [5.74, 6) is 0.307. The molecule has 2 unspecified atom stereocenters. The lowest BCUT2D eigenvalue weighted by Crippen LogP contribution is -2.46. The first-order chi connectivity index (χ1) is 36.7. The number of aliphatic hydroxyl groups excluding tert-OH is 1. The van der Waals surface area contributed by atoms with Crippen LogP contribution in [0.5, 0.6) is 0 Å². The van der Waals surface area contributed by atoms with Gasteiger partial charge in [-0.1, -0.05) is 94.0 Å². The van der Waals surface area contributed by atoms with Gasteiger partial charge in [0.05, 0.1) is 45.7 Å². The van der Waals surface area contributed by atoms with Gasteiger partial charge in [0.2, 0.25) is 17.7 Å². The number of nitrogens with one attached hydrogen (secondary N) is 3. The number of β-amino-alcohol motifs (C(OH)–C–C–N with tert-alkyl or cyclic N) is 1. The molecule has 4 aliphatic rings. The second-order valence-corrected chi connectivity index (χ2v) is 22.2. The lowest BCUT2D eigenvalue weighted by atomic mass is 9.74. The van der Waals surface area contributed by atoms with E-state index in [2.05, 4.69) is 66.7 Å². The van der Waals surface area contributed by atoms with Crippen LogP contribution in [0.1, 0.15) is 126 Å². The molecule has 16 nitrogen and oxygen atoms in total. The standard InChI is InChI=1S/C37H51N3O8.C24H32N2O3/c1-24-20-25(2)39-36(43)32(24)21-38-37(44)35-28(5)34(30-8-6-7-9-31(30)35)27(4)29-10-12-40(13-11-29)33(42)23-48-19-17-46-15-14-45-16-18-47-22-26(3)41;1-16-6-5-7-20(16)18-10-8-17(9-11-18)14-25-23(29)21-12-19(27)15-26(21)22(28)13-24(2,3)4/h6-9,20,27,29,34H,10-19,21-23H2,1-5H3,(H,38,44)(H,39,43);5-6,8-11,19,21,27H,7,12-15H2,1-4H3,(H,25,29)/t;19-,21+/m.1/s1. The smallest absolute Gasteiger partial charge is 0.253 e. The Morgan fingerprint density at radius 2 is 1.45 bits per heavy atom. The van der Waals surface area contributed by atoms with Crippen LogP contribution in [0, 0.1) is 31.1 Å². The number of Topliss-reactive ketones (excluding diaryl/α,β-unsaturated/α-hetero) is 1. The van der Waals surface area contributed by atoms with Gasteiger partial charge in [-0.3, -0.25) is 28.8 Å². The predicted molar refractivity (Wildman–Crippen MR) is 297 cm³/mol. The number of pyridine rings is 1. The number of hydrogen-bond donors (Lipinski definition) is 4. The van der Waals surface area contributed by atoms with Gasteiger partial charge in [-0.05, 0) is 116 Å². The van der Waals surface area contributed by atoms with E-state index in [4.69, 9.17) is 18.9 Å². The highest BCUT2D eigenvalue weighted by atomic mass is 16.6. The third kappa shape index (κ3) is 17.2. The number of aromatic amines is 1. The molecule has 0 spiro atoms. The number of rotatable bonds is 23. The maximum atomic E-state index is 13.6. The molecule has 2 aromatic carbocycles. The summed E-state index contributed by atoms with van der Waals surface area (Å²) < 4.78 is 21.6. The lowest BCUT2D eigenvalue weighted by Gasteiger charge is -2.37. The Labute approximate surface area is 455 Å². The Morgan fingerprint density at radius 1 is 0.818 bits per heavy atom. The van der Waals surface area contributed by atoms with Crippen LogP contribution < -0.4 is 16.2 Å². The fourth-order valence-electron chi connectivity index (χ4n) is 10.9. The first kappa shape index (κ1) is 60.2. The van der Waals surface area contributed by atoms with Crippen molar-refractivity contribution < 1.29 is 48.0 Å². The second-order valence-electron chi connectivity index (χ2n) is 22.2. The number of allylic oxidation sites excluding steroid dienone is 5. The molecule has 2 aliphatic heterocycles. The van der Waals surface area contributed by atoms with Gasteiger partial charge < -0.3 is 49.5 Å². The first-order valence-electron chi connectivity index (χ1n) is 27.3. The molecule has 4 N–H and O–H groups in total. The number of amides is 4. The van der Waals surface area contributed by atoms with Crippen molar-refractivity contribution in [2.75, 3.05) is 72.5 Å². The van der Waals surface area contributed by atoms with Crippen LogP contribution in [0.4, 0.5) is 0 Å². The molecule has 3 heterocycles. The van der Waals surface area contributed by atoms with Crippen LogP contribution >= 0.6 is 0 Å². The molecule has 2 fully saturated rings. The van der Waals surface area contributed by atoms with Crippen LogP contribution in [-0.2, 0) is 56.0 Å². The molecule has 0 radical (unpaired) electrons. The Bertz CT molecular complexity index is 2690. The molecule has 2 aliphatic carbocycles. The van der Waals surface area contributed by atoms with Gasteiger partial charge in [-0.25, -0.2) is 0 Å².